The molecule has 2 aromatic carbocycles. The summed E-state index contributed by atoms with van der Waals surface area (Å²) in [7, 11) is -1.59. The minimum atomic E-state index is -1.59. The number of rotatable bonds is 3. The van der Waals surface area contributed by atoms with Gasteiger partial charge in [0.25, 0.3) is 5.91 Å². The Morgan fingerprint density at radius 1 is 0.865 bits per heavy atom. The predicted octanol–water partition coefficient (Wildman–Crippen LogP) is 6.58. The van der Waals surface area contributed by atoms with Crippen molar-refractivity contribution in [1.82, 2.24) is 14.7 Å². The van der Waals surface area contributed by atoms with Crippen molar-refractivity contribution in [2.75, 3.05) is 32.7 Å². The van der Waals surface area contributed by atoms with E-state index in [0.29, 0.717) is 55.3 Å². The number of fused-ring (bicyclic) bond motifs is 6. The van der Waals surface area contributed by atoms with Crippen molar-refractivity contribution in [1.29, 1.82) is 0 Å². The van der Waals surface area contributed by atoms with Gasteiger partial charge in [0, 0.05) is 49.7 Å². The maximum Gasteiger partial charge on any atom is 0.254 e. The van der Waals surface area contributed by atoms with Crippen LogP contribution < -0.4 is 0 Å². The smallest absolute Gasteiger partial charge is 0.254 e. The molecule has 2 saturated heterocycles. The summed E-state index contributed by atoms with van der Waals surface area (Å²) in [5.41, 5.74) is 3.34. The zero-order valence-electron chi connectivity index (χ0n) is 32.2. The zero-order chi connectivity index (χ0) is 36.6. The van der Waals surface area contributed by atoms with Gasteiger partial charge < -0.3 is 20.0 Å². The zero-order valence-corrected chi connectivity index (χ0v) is 33.2. The van der Waals surface area contributed by atoms with Gasteiger partial charge >= 0.3 is 0 Å². The Morgan fingerprint density at radius 2 is 1.60 bits per heavy atom. The van der Waals surface area contributed by atoms with Gasteiger partial charge in [-0.3, -0.25) is 14.5 Å². The molecule has 2 aliphatic heterocycles. The number of carbonyl (C=O) groups is 2. The Labute approximate surface area is 312 Å². The highest BCUT2D eigenvalue weighted by atomic mass is 28.3. The average molecular weight is 724 g/mol. The Bertz CT molecular complexity index is 1770. The lowest BCUT2D eigenvalue weighted by molar-refractivity contribution is -0.163. The molecule has 52 heavy (non-hydrogen) atoms. The molecule has 2 heterocycles. The molecule has 2 aromatic rings. The van der Waals surface area contributed by atoms with E-state index in [1.54, 1.807) is 0 Å². The van der Waals surface area contributed by atoms with E-state index in [0.717, 1.165) is 68.8 Å². The molecule has 10 atom stereocenters. The summed E-state index contributed by atoms with van der Waals surface area (Å²) >= 11 is 0. The van der Waals surface area contributed by atoms with Crippen LogP contribution in [0.3, 0.4) is 0 Å². The summed E-state index contributed by atoms with van der Waals surface area (Å²) in [6.45, 7) is 15.1. The van der Waals surface area contributed by atoms with Gasteiger partial charge in [-0.25, -0.2) is 0 Å². The first-order valence-electron chi connectivity index (χ1n) is 20.5. The molecule has 6 aliphatic rings. The standard InChI is InChI=1S/C44H61N3O4Si/c1-42-29-38(39(48)28-33(42)14-15-34-35(42)16-18-43(2)36(34)17-19-44(43,51)20-26-52(3,4)5)45-22-24-46(25-23-45)41(50)37-11-8-21-47(37)40(49)32-13-12-30-9-6-7-10-31(30)27-32/h6-7,9-10,12-13,27,33-39,48,51H,8,11,14-19,21-25,28-29H2,1-5H3/t33?,34-,35+,36+,37+,38?,39?,42+,43+,44+/m1/s1. The number of hydrogen-bond donors (Lipinski definition) is 2. The number of carbonyl (C=O) groups excluding carboxylic acids is 2. The molecular formula is C44H61N3O4Si. The van der Waals surface area contributed by atoms with E-state index < -0.39 is 19.7 Å². The molecule has 0 aromatic heterocycles. The van der Waals surface area contributed by atoms with E-state index in [1.807, 2.05) is 46.2 Å². The topological polar surface area (TPSA) is 84.3 Å². The molecule has 2 amide bonds. The number of likely N-dealkylation sites (tertiary alicyclic amines) is 1. The first-order chi connectivity index (χ1) is 24.7. The number of aliphatic hydroxyl groups excluding tert-OH is 1. The van der Waals surface area contributed by atoms with E-state index in [4.69, 9.17) is 0 Å². The number of amides is 2. The van der Waals surface area contributed by atoms with E-state index in [-0.39, 0.29) is 34.8 Å². The molecule has 0 bridgehead atoms. The Hall–Kier alpha value is -2.70. The first kappa shape index (κ1) is 36.3. The molecule has 8 heteroatoms. The number of nitrogens with zero attached hydrogens (tertiary/aromatic N) is 3. The van der Waals surface area contributed by atoms with Crippen LogP contribution in [0, 0.1) is 46.0 Å². The molecule has 280 valence electrons. The SMILES string of the molecule is C[C@]12CC(N3CCN(C(=O)[C@@H]4CCCN4C(=O)c4ccc5ccccc5c4)CC3)C(O)CC1CC[C@@H]1[C@@H]2CC[C@@]2(C)[C@H]1CC[C@]2(O)C#C[Si](C)(C)C. The monoisotopic (exact) mass is 723 g/mol. The molecular weight excluding hydrogens is 663 g/mol. The Balaban J connectivity index is 0.923. The molecule has 3 unspecified atom stereocenters. The van der Waals surface area contributed by atoms with Crippen molar-refractivity contribution in [3.05, 3.63) is 48.0 Å². The molecule has 7 nitrogen and oxygen atoms in total. The van der Waals surface area contributed by atoms with Crippen molar-refractivity contribution in [3.8, 4) is 11.5 Å². The second kappa shape index (κ2) is 13.3. The van der Waals surface area contributed by atoms with Crippen molar-refractivity contribution in [2.24, 2.45) is 34.5 Å². The Morgan fingerprint density at radius 3 is 2.35 bits per heavy atom. The molecule has 4 aliphatic carbocycles. The van der Waals surface area contributed by atoms with Crippen LogP contribution in [-0.2, 0) is 4.79 Å². The lowest BCUT2D eigenvalue weighted by Gasteiger charge is -2.63. The third kappa shape index (κ3) is 6.06. The molecule has 0 radical (unpaired) electrons. The molecule has 8 rings (SSSR count). The quantitative estimate of drug-likeness (QED) is 0.276. The van der Waals surface area contributed by atoms with Crippen molar-refractivity contribution in [3.63, 3.8) is 0 Å². The summed E-state index contributed by atoms with van der Waals surface area (Å²) in [5, 5.41) is 25.9. The molecule has 2 N–H and O–H groups in total. The highest BCUT2D eigenvalue weighted by molar-refractivity contribution is 6.83. The van der Waals surface area contributed by atoms with Gasteiger partial charge in [-0.2, -0.15) is 0 Å². The first-order valence-corrected chi connectivity index (χ1v) is 24.0. The summed E-state index contributed by atoms with van der Waals surface area (Å²) in [4.78, 5) is 34.0. The van der Waals surface area contributed by atoms with Gasteiger partial charge in [-0.1, -0.05) is 69.7 Å². The van der Waals surface area contributed by atoms with Crippen LogP contribution in [0.1, 0.15) is 88.4 Å². The lowest BCUT2D eigenvalue weighted by Crippen LogP contribution is -2.63. The van der Waals surface area contributed by atoms with Crippen LogP contribution >= 0.6 is 0 Å². The van der Waals surface area contributed by atoms with Crippen LogP contribution in [0.25, 0.3) is 10.8 Å². The van der Waals surface area contributed by atoms with Gasteiger partial charge in [0.2, 0.25) is 5.91 Å². The van der Waals surface area contributed by atoms with Crippen LogP contribution in [0.2, 0.25) is 19.6 Å². The van der Waals surface area contributed by atoms with E-state index in [1.165, 1.54) is 12.8 Å². The fraction of sp³-hybridized carbons (Fsp3) is 0.682. The summed E-state index contributed by atoms with van der Waals surface area (Å²) in [5.74, 6) is 5.78. The number of aliphatic hydroxyl groups is 2. The van der Waals surface area contributed by atoms with Crippen LogP contribution in [0.15, 0.2) is 42.5 Å². The molecule has 4 saturated carbocycles. The van der Waals surface area contributed by atoms with Gasteiger partial charge in [-0.05, 0) is 116 Å². The van der Waals surface area contributed by atoms with E-state index in [2.05, 4.69) is 55.9 Å². The highest BCUT2D eigenvalue weighted by Crippen LogP contribution is 2.68. The van der Waals surface area contributed by atoms with Crippen molar-refractivity contribution in [2.45, 2.75) is 121 Å². The van der Waals surface area contributed by atoms with E-state index in [9.17, 15) is 19.8 Å². The predicted molar refractivity (Wildman–Crippen MR) is 209 cm³/mol. The van der Waals surface area contributed by atoms with Gasteiger partial charge in [0.15, 0.2) is 0 Å². The molecule has 6 fully saturated rings. The number of hydrogen-bond acceptors (Lipinski definition) is 5. The summed E-state index contributed by atoms with van der Waals surface area (Å²) in [6, 6.07) is 13.6. The second-order valence-corrected chi connectivity index (χ2v) is 23.9. The van der Waals surface area contributed by atoms with Crippen molar-refractivity contribution >= 4 is 30.7 Å². The van der Waals surface area contributed by atoms with E-state index >= 15 is 0 Å². The average Bonchev–Trinajstić information content (AvgIpc) is 3.72. The highest BCUT2D eigenvalue weighted by Gasteiger charge is 2.65. The van der Waals surface area contributed by atoms with Crippen LogP contribution in [0.5, 0.6) is 0 Å². The van der Waals surface area contributed by atoms with Gasteiger partial charge in [0.1, 0.15) is 19.7 Å². The summed E-state index contributed by atoms with van der Waals surface area (Å²) < 4.78 is 0. The largest absolute Gasteiger partial charge is 0.391 e. The normalized spacial score (nSPS) is 39.3. The number of benzene rings is 2. The van der Waals surface area contributed by atoms with Crippen molar-refractivity contribution < 1.29 is 19.8 Å². The Kier molecular flexibility index (Phi) is 9.25. The lowest BCUT2D eigenvalue weighted by atomic mass is 9.44. The minimum absolute atomic E-state index is 0.0519. The molecule has 0 spiro atoms. The van der Waals surface area contributed by atoms with Gasteiger partial charge in [-0.15, -0.1) is 5.54 Å². The minimum Gasteiger partial charge on any atom is -0.391 e. The number of piperazine rings is 1. The third-order valence-corrected chi connectivity index (χ3v) is 16.2. The van der Waals surface area contributed by atoms with Crippen LogP contribution in [0.4, 0.5) is 0 Å². The fourth-order valence-electron chi connectivity index (χ4n) is 12.4. The fourth-order valence-corrected chi connectivity index (χ4v) is 13.0. The summed E-state index contributed by atoms with van der Waals surface area (Å²) in [6.07, 6.45) is 9.52. The van der Waals surface area contributed by atoms with Crippen LogP contribution in [-0.4, -0.2) is 101 Å². The maximum absolute atomic E-state index is 14.0. The maximum atomic E-state index is 14.0. The second-order valence-electron chi connectivity index (χ2n) is 19.2. The van der Waals surface area contributed by atoms with Gasteiger partial charge in [0.05, 0.1) is 6.10 Å². The third-order valence-electron chi connectivity index (χ3n) is 15.4.